The van der Waals surface area contributed by atoms with Gasteiger partial charge < -0.3 is 5.73 Å². The van der Waals surface area contributed by atoms with E-state index in [1.54, 1.807) is 0 Å². The molecule has 0 spiro atoms. The number of alkyl halides is 3. The molecule has 0 unspecified atom stereocenters. The molecule has 9 heteroatoms. The van der Waals surface area contributed by atoms with Crippen molar-refractivity contribution in [3.8, 4) is 16.8 Å². The Balaban J connectivity index is 2.21. The molecule has 0 aliphatic heterocycles. The van der Waals surface area contributed by atoms with Crippen molar-refractivity contribution in [2.45, 2.75) is 18.1 Å². The molecule has 27 heavy (non-hydrogen) atoms. The van der Waals surface area contributed by atoms with Crippen LogP contribution in [0.1, 0.15) is 11.1 Å². The largest absolute Gasteiger partial charge is 0.416 e. The molecule has 0 atom stereocenters. The van der Waals surface area contributed by atoms with E-state index in [4.69, 9.17) is 28.9 Å². The molecule has 2 aromatic carbocycles. The summed E-state index contributed by atoms with van der Waals surface area (Å²) in [5.74, 6) is 0.242. The molecule has 0 bridgehead atoms. The number of rotatable bonds is 3. The van der Waals surface area contributed by atoms with Crippen LogP contribution in [-0.4, -0.2) is 16.0 Å². The van der Waals surface area contributed by atoms with Crippen LogP contribution < -0.4 is 5.73 Å². The molecule has 3 aromatic rings. The third kappa shape index (κ3) is 3.77. The smallest absolute Gasteiger partial charge is 0.383 e. The predicted octanol–water partition coefficient (Wildman–Crippen LogP) is 6.48. The molecule has 0 saturated carbocycles. The summed E-state index contributed by atoms with van der Waals surface area (Å²) in [6.45, 7) is 1.97. The number of benzene rings is 2. The van der Waals surface area contributed by atoms with E-state index in [0.29, 0.717) is 10.6 Å². The first-order chi connectivity index (χ1) is 12.6. The first-order valence-electron chi connectivity index (χ1n) is 7.69. The molecular weight excluding hydrogens is 418 g/mol. The molecule has 1 aromatic heterocycles. The van der Waals surface area contributed by atoms with Crippen molar-refractivity contribution < 1.29 is 13.2 Å². The lowest BCUT2D eigenvalue weighted by atomic mass is 10.1. The van der Waals surface area contributed by atoms with Gasteiger partial charge in [-0.3, -0.25) is 0 Å². The molecule has 0 aliphatic rings. The molecule has 3 rings (SSSR count). The van der Waals surface area contributed by atoms with Gasteiger partial charge in [0.1, 0.15) is 16.5 Å². The maximum atomic E-state index is 13.0. The Labute approximate surface area is 168 Å². The summed E-state index contributed by atoms with van der Waals surface area (Å²) >= 11 is 13.6. The van der Waals surface area contributed by atoms with Gasteiger partial charge in [0.2, 0.25) is 0 Å². The van der Waals surface area contributed by atoms with Gasteiger partial charge in [-0.1, -0.05) is 53.0 Å². The third-order valence-electron chi connectivity index (χ3n) is 3.98. The van der Waals surface area contributed by atoms with Crippen LogP contribution in [0.25, 0.3) is 16.8 Å². The number of halogens is 5. The van der Waals surface area contributed by atoms with Crippen molar-refractivity contribution >= 4 is 40.8 Å². The molecule has 0 saturated heterocycles. The number of nitrogen functional groups attached to an aromatic ring is 1. The van der Waals surface area contributed by atoms with Gasteiger partial charge in [-0.15, -0.1) is 11.8 Å². The van der Waals surface area contributed by atoms with Crippen molar-refractivity contribution in [3.63, 3.8) is 0 Å². The first-order valence-corrected chi connectivity index (χ1v) is 9.67. The van der Waals surface area contributed by atoms with Gasteiger partial charge in [-0.05, 0) is 30.9 Å². The number of nitrogens with zero attached hydrogens (tertiary/aromatic N) is 2. The second-order valence-electron chi connectivity index (χ2n) is 5.83. The van der Waals surface area contributed by atoms with Crippen LogP contribution in [0.4, 0.5) is 19.0 Å². The fraction of sp³-hybridized carbons (Fsp3) is 0.167. The normalized spacial score (nSPS) is 11.8. The number of nitrogens with two attached hydrogens (primary N) is 1. The molecule has 1 heterocycles. The van der Waals surface area contributed by atoms with Crippen molar-refractivity contribution in [1.29, 1.82) is 0 Å². The second kappa shape index (κ2) is 7.30. The molecule has 0 fully saturated rings. The summed E-state index contributed by atoms with van der Waals surface area (Å²) in [6.07, 6.45) is -2.72. The van der Waals surface area contributed by atoms with Crippen LogP contribution in [0.15, 0.2) is 41.4 Å². The van der Waals surface area contributed by atoms with E-state index in [1.165, 1.54) is 16.4 Å². The summed E-state index contributed by atoms with van der Waals surface area (Å²) in [5.41, 5.74) is 8.07. The minimum Gasteiger partial charge on any atom is -0.383 e. The van der Waals surface area contributed by atoms with Crippen LogP contribution in [0, 0.1) is 6.92 Å². The summed E-state index contributed by atoms with van der Waals surface area (Å²) in [7, 11) is 0. The number of thioether (sulfide) groups is 1. The number of aromatic nitrogens is 2. The summed E-state index contributed by atoms with van der Waals surface area (Å²) in [5, 5.41) is 4.65. The molecular formula is C18H14Cl2F3N3S. The van der Waals surface area contributed by atoms with E-state index in [-0.39, 0.29) is 21.6 Å². The summed E-state index contributed by atoms with van der Waals surface area (Å²) < 4.78 is 40.2. The van der Waals surface area contributed by atoms with Gasteiger partial charge in [0, 0.05) is 0 Å². The van der Waals surface area contributed by atoms with Crippen molar-refractivity contribution in [2.24, 2.45) is 0 Å². The first kappa shape index (κ1) is 19.9. The Morgan fingerprint density at radius 3 is 2.11 bits per heavy atom. The van der Waals surface area contributed by atoms with Gasteiger partial charge in [0.25, 0.3) is 0 Å². The lowest BCUT2D eigenvalue weighted by Crippen LogP contribution is -2.08. The maximum absolute atomic E-state index is 13.0. The van der Waals surface area contributed by atoms with E-state index in [2.05, 4.69) is 5.10 Å². The van der Waals surface area contributed by atoms with Crippen molar-refractivity contribution in [1.82, 2.24) is 9.78 Å². The molecule has 0 radical (unpaired) electrons. The highest BCUT2D eigenvalue weighted by Gasteiger charge is 2.32. The van der Waals surface area contributed by atoms with Gasteiger partial charge in [0.15, 0.2) is 0 Å². The van der Waals surface area contributed by atoms with Crippen LogP contribution in [-0.2, 0) is 6.18 Å². The number of anilines is 1. The van der Waals surface area contributed by atoms with E-state index < -0.39 is 11.7 Å². The van der Waals surface area contributed by atoms with Crippen molar-refractivity contribution in [3.05, 3.63) is 57.6 Å². The van der Waals surface area contributed by atoms with Crippen LogP contribution in [0.5, 0.6) is 0 Å². The summed E-state index contributed by atoms with van der Waals surface area (Å²) in [4.78, 5) is 0. The average molecular weight is 432 g/mol. The zero-order chi connectivity index (χ0) is 19.9. The fourth-order valence-electron chi connectivity index (χ4n) is 2.65. The highest BCUT2D eigenvalue weighted by Crippen LogP contribution is 2.41. The monoisotopic (exact) mass is 431 g/mol. The number of aryl methyl sites for hydroxylation is 1. The zero-order valence-electron chi connectivity index (χ0n) is 14.2. The van der Waals surface area contributed by atoms with Crippen molar-refractivity contribution in [2.75, 3.05) is 12.0 Å². The van der Waals surface area contributed by atoms with Gasteiger partial charge >= 0.3 is 6.18 Å². The minimum absolute atomic E-state index is 0.109. The molecule has 3 nitrogen and oxygen atoms in total. The third-order valence-corrected chi connectivity index (χ3v) is 5.23. The molecule has 0 amide bonds. The second-order valence-corrected chi connectivity index (χ2v) is 7.44. The van der Waals surface area contributed by atoms with Gasteiger partial charge in [-0.25, -0.2) is 4.68 Å². The Kier molecular flexibility index (Phi) is 5.38. The average Bonchev–Trinajstić information content (AvgIpc) is 2.91. The number of hydrogen-bond donors (Lipinski definition) is 1. The maximum Gasteiger partial charge on any atom is 0.416 e. The minimum atomic E-state index is -4.56. The molecule has 142 valence electrons. The van der Waals surface area contributed by atoms with E-state index >= 15 is 0 Å². The van der Waals surface area contributed by atoms with E-state index in [1.807, 2.05) is 37.4 Å². The van der Waals surface area contributed by atoms with Crippen LogP contribution >= 0.6 is 35.0 Å². The van der Waals surface area contributed by atoms with E-state index in [9.17, 15) is 13.2 Å². The Morgan fingerprint density at radius 1 is 1.07 bits per heavy atom. The zero-order valence-corrected chi connectivity index (χ0v) is 16.6. The Bertz CT molecular complexity index is 975. The standard InChI is InChI=1S/C18H14Cl2F3N3S/c1-9-3-5-10(6-4-9)14-16(24)26(25-17(14)27-2)15-12(19)7-11(8-13(15)20)18(21,22)23/h3-8H,24H2,1-2H3. The van der Waals surface area contributed by atoms with Gasteiger partial charge in [0.05, 0.1) is 21.2 Å². The lowest BCUT2D eigenvalue weighted by Gasteiger charge is -2.13. The number of hydrogen-bond acceptors (Lipinski definition) is 3. The fourth-order valence-corrected chi connectivity index (χ4v) is 3.88. The summed E-state index contributed by atoms with van der Waals surface area (Å²) in [6, 6.07) is 9.32. The molecule has 2 N–H and O–H groups in total. The lowest BCUT2D eigenvalue weighted by molar-refractivity contribution is -0.137. The highest BCUT2D eigenvalue weighted by atomic mass is 35.5. The van der Waals surface area contributed by atoms with Crippen LogP contribution in [0.3, 0.4) is 0 Å². The predicted molar refractivity (Wildman–Crippen MR) is 105 cm³/mol. The Morgan fingerprint density at radius 2 is 1.63 bits per heavy atom. The Hall–Kier alpha value is -1.83. The van der Waals surface area contributed by atoms with Crippen LogP contribution in [0.2, 0.25) is 10.0 Å². The van der Waals surface area contributed by atoms with Gasteiger partial charge in [-0.2, -0.15) is 18.3 Å². The molecule has 0 aliphatic carbocycles. The quantitative estimate of drug-likeness (QED) is 0.482. The highest BCUT2D eigenvalue weighted by molar-refractivity contribution is 7.98. The van der Waals surface area contributed by atoms with E-state index in [0.717, 1.165) is 23.3 Å². The topological polar surface area (TPSA) is 43.8 Å². The SMILES string of the molecule is CSc1nn(-c2c(Cl)cc(C(F)(F)F)cc2Cl)c(N)c1-c1ccc(C)cc1.